The van der Waals surface area contributed by atoms with E-state index < -0.39 is 0 Å². The number of nitrogens with one attached hydrogen (secondary N) is 1. The maximum absolute atomic E-state index is 5.38. The lowest BCUT2D eigenvalue weighted by Gasteiger charge is -2.09. The predicted molar refractivity (Wildman–Crippen MR) is 43.9 cm³/mol. The Labute approximate surface area is 68.1 Å². The molecule has 10 heavy (non-hydrogen) atoms. The molecule has 0 aliphatic heterocycles. The summed E-state index contributed by atoms with van der Waals surface area (Å²) in [6.45, 7) is 0. The maximum atomic E-state index is 5.38. The highest BCUT2D eigenvalue weighted by Gasteiger charge is 1.92. The number of rotatable bonds is 0. The highest BCUT2D eigenvalue weighted by atomic mass is 32.1. The van der Waals surface area contributed by atoms with Crippen LogP contribution in [0.15, 0.2) is 5.03 Å². The summed E-state index contributed by atoms with van der Waals surface area (Å²) in [6.07, 6.45) is 0. The summed E-state index contributed by atoms with van der Waals surface area (Å²) in [5.41, 5.74) is 11.0. The van der Waals surface area contributed by atoms with Crippen LogP contribution in [0.3, 0.4) is 0 Å². The lowest BCUT2D eigenvalue weighted by atomic mass is 10.5. The van der Waals surface area contributed by atoms with Gasteiger partial charge in [-0.15, -0.1) is 0 Å². The van der Waals surface area contributed by atoms with Gasteiger partial charge in [0.2, 0.25) is 0 Å². The molecule has 1 aromatic rings. The summed E-state index contributed by atoms with van der Waals surface area (Å²) in [5.74, 6) is 0.282. The van der Waals surface area contributed by atoms with Gasteiger partial charge in [0.25, 0.3) is 0 Å². The molecule has 0 saturated carbocycles. The topological polar surface area (TPSA) is 80.7 Å². The van der Waals surface area contributed by atoms with Gasteiger partial charge in [0, 0.05) is 0 Å². The second-order valence-corrected chi connectivity index (χ2v) is 2.45. The van der Waals surface area contributed by atoms with Gasteiger partial charge < -0.3 is 29.1 Å². The summed E-state index contributed by atoms with van der Waals surface area (Å²) >= 11 is 9.40. The number of aromatic nitrogens is 2. The SMILES string of the molecule is Nc1[nH]c(=S)nc([S-])c1N. The van der Waals surface area contributed by atoms with Crippen molar-refractivity contribution in [2.24, 2.45) is 0 Å². The molecule has 0 atom stereocenters. The van der Waals surface area contributed by atoms with E-state index in [0.29, 0.717) is 0 Å². The molecule has 0 saturated heterocycles. The minimum Gasteiger partial charge on any atom is -0.758 e. The Balaban J connectivity index is 3.46. The van der Waals surface area contributed by atoms with E-state index in [0.717, 1.165) is 0 Å². The molecule has 0 radical (unpaired) electrons. The van der Waals surface area contributed by atoms with Crippen molar-refractivity contribution in [3.8, 4) is 0 Å². The highest BCUT2D eigenvalue weighted by molar-refractivity contribution is 7.71. The average Bonchev–Trinajstić information content (AvgIpc) is 1.82. The summed E-state index contributed by atoms with van der Waals surface area (Å²) in [5, 5.41) is 0.251. The van der Waals surface area contributed by atoms with Gasteiger partial charge >= 0.3 is 0 Å². The van der Waals surface area contributed by atoms with E-state index in [1.807, 2.05) is 0 Å². The molecule has 0 unspecified atom stereocenters. The molecule has 0 aliphatic rings. The summed E-state index contributed by atoms with van der Waals surface area (Å²) < 4.78 is 0.261. The lowest BCUT2D eigenvalue weighted by Crippen LogP contribution is -2.02. The fourth-order valence-electron chi connectivity index (χ4n) is 0.478. The summed E-state index contributed by atoms with van der Waals surface area (Å²) in [4.78, 5) is 6.27. The summed E-state index contributed by atoms with van der Waals surface area (Å²) in [7, 11) is 0. The molecule has 4 nitrogen and oxygen atoms in total. The molecule has 5 N–H and O–H groups in total. The second-order valence-electron chi connectivity index (χ2n) is 1.67. The molecule has 0 aromatic carbocycles. The Morgan fingerprint density at radius 3 is 2.60 bits per heavy atom. The van der Waals surface area contributed by atoms with E-state index >= 15 is 0 Å². The largest absolute Gasteiger partial charge is 0.758 e. The average molecular weight is 173 g/mol. The third-order valence-corrected chi connectivity index (χ3v) is 1.47. The van der Waals surface area contributed by atoms with Crippen molar-refractivity contribution >= 4 is 36.4 Å². The van der Waals surface area contributed by atoms with E-state index in [1.54, 1.807) is 0 Å². The van der Waals surface area contributed by atoms with Gasteiger partial charge in [0.1, 0.15) is 5.82 Å². The molecule has 0 bridgehead atoms. The van der Waals surface area contributed by atoms with Crippen molar-refractivity contribution in [1.82, 2.24) is 9.97 Å². The Hall–Kier alpha value is -0.880. The van der Waals surface area contributed by atoms with Crippen LogP contribution in [0.2, 0.25) is 0 Å². The van der Waals surface area contributed by atoms with Crippen LogP contribution in [-0.4, -0.2) is 9.97 Å². The van der Waals surface area contributed by atoms with E-state index in [2.05, 4.69) is 22.2 Å². The number of aromatic amines is 1. The first kappa shape index (κ1) is 7.23. The van der Waals surface area contributed by atoms with Gasteiger partial charge in [-0.25, -0.2) is 4.98 Å². The van der Waals surface area contributed by atoms with Crippen molar-refractivity contribution in [2.45, 2.75) is 5.03 Å². The van der Waals surface area contributed by atoms with Crippen molar-refractivity contribution in [3.05, 3.63) is 4.77 Å². The van der Waals surface area contributed by atoms with Gasteiger partial charge in [0.15, 0.2) is 4.77 Å². The zero-order valence-corrected chi connectivity index (χ0v) is 6.55. The third-order valence-electron chi connectivity index (χ3n) is 0.965. The Kier molecular flexibility index (Phi) is 1.73. The first-order valence-corrected chi connectivity index (χ1v) is 3.25. The van der Waals surface area contributed by atoms with Crippen LogP contribution in [0.1, 0.15) is 0 Å². The highest BCUT2D eigenvalue weighted by Crippen LogP contribution is 2.12. The Morgan fingerprint density at radius 2 is 2.10 bits per heavy atom. The standard InChI is InChI=1S/C4H6N4S2/c5-1-2(6)7-4(10)8-3(1)9/h5H2,(H4,6,7,8,9,10)/p-1. The number of H-pyrrole nitrogens is 1. The minimum absolute atomic E-state index is 0.251. The van der Waals surface area contributed by atoms with E-state index in [-0.39, 0.29) is 21.3 Å². The Morgan fingerprint density at radius 1 is 1.50 bits per heavy atom. The maximum Gasteiger partial charge on any atom is 0.196 e. The van der Waals surface area contributed by atoms with Gasteiger partial charge in [-0.1, -0.05) is 5.03 Å². The Bertz CT molecular complexity index is 278. The number of nitrogens with zero attached hydrogens (tertiary/aromatic N) is 1. The minimum atomic E-state index is 0.251. The molecule has 1 aromatic heterocycles. The van der Waals surface area contributed by atoms with Gasteiger partial charge in [0.05, 0.1) is 5.69 Å². The van der Waals surface area contributed by atoms with Gasteiger partial charge in [-0.2, -0.15) is 0 Å². The molecule has 0 aliphatic carbocycles. The van der Waals surface area contributed by atoms with Crippen molar-refractivity contribution < 1.29 is 0 Å². The first-order valence-electron chi connectivity index (χ1n) is 2.43. The molecule has 1 rings (SSSR count). The van der Waals surface area contributed by atoms with Crippen molar-refractivity contribution in [1.29, 1.82) is 0 Å². The normalized spacial score (nSPS) is 9.60. The molecule has 6 heteroatoms. The molecule has 0 spiro atoms. The number of hydrogen-bond donors (Lipinski definition) is 3. The lowest BCUT2D eigenvalue weighted by molar-refractivity contribution is 1.04. The van der Waals surface area contributed by atoms with Crippen LogP contribution in [0.5, 0.6) is 0 Å². The van der Waals surface area contributed by atoms with E-state index in [9.17, 15) is 0 Å². The smallest absolute Gasteiger partial charge is 0.196 e. The van der Waals surface area contributed by atoms with Crippen LogP contribution < -0.4 is 11.5 Å². The first-order chi connectivity index (χ1) is 4.61. The third kappa shape index (κ3) is 1.17. The second kappa shape index (κ2) is 2.39. The van der Waals surface area contributed by atoms with Gasteiger partial charge in [-0.05, 0) is 12.2 Å². The fourth-order valence-corrected chi connectivity index (χ4v) is 0.938. The molecular formula is C4H5N4S2-. The van der Waals surface area contributed by atoms with Crippen molar-refractivity contribution in [3.63, 3.8) is 0 Å². The molecular weight excluding hydrogens is 168 g/mol. The molecule has 0 fully saturated rings. The van der Waals surface area contributed by atoms with E-state index in [4.69, 9.17) is 24.1 Å². The van der Waals surface area contributed by atoms with Crippen LogP contribution in [0, 0.1) is 4.77 Å². The monoisotopic (exact) mass is 173 g/mol. The molecule has 54 valence electrons. The predicted octanol–water partition coefficient (Wildman–Crippen LogP) is 0.209. The fraction of sp³-hybridized carbons (Fsp3) is 0. The summed E-state index contributed by atoms with van der Waals surface area (Å²) in [6, 6.07) is 0. The zero-order valence-electron chi connectivity index (χ0n) is 4.92. The van der Waals surface area contributed by atoms with Crippen LogP contribution in [0.4, 0.5) is 11.5 Å². The van der Waals surface area contributed by atoms with E-state index in [1.165, 1.54) is 0 Å². The van der Waals surface area contributed by atoms with Crippen LogP contribution >= 0.6 is 12.2 Å². The number of nitrogens with two attached hydrogens (primary N) is 2. The zero-order chi connectivity index (χ0) is 7.72. The van der Waals surface area contributed by atoms with Crippen LogP contribution in [0.25, 0.3) is 0 Å². The van der Waals surface area contributed by atoms with Crippen LogP contribution in [-0.2, 0) is 12.6 Å². The number of nitrogen functional groups attached to an aromatic ring is 2. The molecule has 0 amide bonds. The quantitative estimate of drug-likeness (QED) is 0.297. The molecule has 1 heterocycles. The van der Waals surface area contributed by atoms with Gasteiger partial charge in [-0.3, -0.25) is 0 Å². The van der Waals surface area contributed by atoms with Crippen molar-refractivity contribution in [2.75, 3.05) is 11.5 Å². The number of anilines is 2. The number of hydrogen-bond acceptors (Lipinski definition) is 5.